The molecule has 2 N–H and O–H groups in total. The number of benzene rings is 1. The number of anilines is 2. The molecule has 0 aliphatic carbocycles. The van der Waals surface area contributed by atoms with Crippen molar-refractivity contribution in [3.05, 3.63) is 28.7 Å². The van der Waals surface area contributed by atoms with Gasteiger partial charge in [0, 0.05) is 10.2 Å². The quantitative estimate of drug-likeness (QED) is 0.470. The number of hydrogen-bond donors (Lipinski definition) is 2. The lowest BCUT2D eigenvalue weighted by Crippen LogP contribution is -2.47. The Balaban J connectivity index is 1.89. The summed E-state index contributed by atoms with van der Waals surface area (Å²) in [6.07, 6.45) is 6.98. The molecule has 1 aromatic carbocycles. The molecule has 0 unspecified atom stereocenters. The molecule has 0 saturated carbocycles. The number of nitrogens with zero attached hydrogens (tertiary/aromatic N) is 2. The zero-order valence-electron chi connectivity index (χ0n) is 14.0. The highest BCUT2D eigenvalue weighted by Crippen LogP contribution is 2.28. The van der Waals surface area contributed by atoms with E-state index in [1.807, 2.05) is 38.1 Å². The van der Waals surface area contributed by atoms with E-state index in [0.29, 0.717) is 18.0 Å². The number of thioether (sulfide) groups is 1. The van der Waals surface area contributed by atoms with Gasteiger partial charge in [0.2, 0.25) is 11.0 Å². The molecule has 1 aromatic heterocycles. The minimum atomic E-state index is -0.563. The van der Waals surface area contributed by atoms with Crippen LogP contribution in [0.1, 0.15) is 26.7 Å². The molecule has 0 saturated heterocycles. The summed E-state index contributed by atoms with van der Waals surface area (Å²) in [5.74, 6) is 2.86. The SMILES string of the molecule is C#CC(CC)(CC)NC(=O)CSc1nnc(Nc2cccc(Br)c2)s1. The van der Waals surface area contributed by atoms with Crippen molar-refractivity contribution in [2.75, 3.05) is 11.1 Å². The molecule has 0 spiro atoms. The van der Waals surface area contributed by atoms with Gasteiger partial charge >= 0.3 is 0 Å². The Kier molecular flexibility index (Phi) is 7.29. The molecular formula is C17H19BrN4OS2. The second-order valence-corrected chi connectivity index (χ2v) is 8.39. The Bertz CT molecular complexity index is 768. The molecule has 0 fully saturated rings. The van der Waals surface area contributed by atoms with Gasteiger partial charge in [-0.25, -0.2) is 0 Å². The number of amides is 1. The van der Waals surface area contributed by atoms with Gasteiger partial charge in [0.1, 0.15) is 5.54 Å². The Labute approximate surface area is 164 Å². The van der Waals surface area contributed by atoms with Crippen LogP contribution < -0.4 is 10.6 Å². The van der Waals surface area contributed by atoms with E-state index >= 15 is 0 Å². The van der Waals surface area contributed by atoms with Crippen LogP contribution in [0.5, 0.6) is 0 Å². The van der Waals surface area contributed by atoms with Crippen LogP contribution in [0.4, 0.5) is 10.8 Å². The van der Waals surface area contributed by atoms with Crippen molar-refractivity contribution in [1.82, 2.24) is 15.5 Å². The third kappa shape index (κ3) is 5.73. The predicted octanol–water partition coefficient (Wildman–Crippen LogP) is 4.44. The maximum atomic E-state index is 12.2. The molecule has 2 aromatic rings. The first-order valence-electron chi connectivity index (χ1n) is 7.78. The van der Waals surface area contributed by atoms with Gasteiger partial charge in [0.15, 0.2) is 4.34 Å². The van der Waals surface area contributed by atoms with Crippen LogP contribution in [0.25, 0.3) is 0 Å². The molecule has 25 heavy (non-hydrogen) atoms. The summed E-state index contributed by atoms with van der Waals surface area (Å²) in [5.41, 5.74) is 0.358. The van der Waals surface area contributed by atoms with Crippen molar-refractivity contribution in [3.8, 4) is 12.3 Å². The lowest BCUT2D eigenvalue weighted by molar-refractivity contribution is -0.119. The molecule has 5 nitrogen and oxygen atoms in total. The number of rotatable bonds is 8. The molecule has 2 rings (SSSR count). The van der Waals surface area contributed by atoms with Crippen molar-refractivity contribution in [3.63, 3.8) is 0 Å². The molecule has 0 radical (unpaired) electrons. The third-order valence-electron chi connectivity index (χ3n) is 3.67. The van der Waals surface area contributed by atoms with Gasteiger partial charge in [0.25, 0.3) is 0 Å². The Morgan fingerprint density at radius 1 is 1.40 bits per heavy atom. The first-order chi connectivity index (χ1) is 12.0. The van der Waals surface area contributed by atoms with Gasteiger partial charge in [-0.15, -0.1) is 16.6 Å². The van der Waals surface area contributed by atoms with E-state index in [2.05, 4.69) is 42.7 Å². The smallest absolute Gasteiger partial charge is 0.231 e. The van der Waals surface area contributed by atoms with E-state index in [1.165, 1.54) is 23.1 Å². The highest BCUT2D eigenvalue weighted by Gasteiger charge is 2.25. The van der Waals surface area contributed by atoms with E-state index in [1.54, 1.807) is 0 Å². The Morgan fingerprint density at radius 2 is 2.16 bits per heavy atom. The summed E-state index contributed by atoms with van der Waals surface area (Å²) in [7, 11) is 0. The van der Waals surface area contributed by atoms with Crippen molar-refractivity contribution in [1.29, 1.82) is 0 Å². The molecule has 132 valence electrons. The van der Waals surface area contributed by atoms with Gasteiger partial charge < -0.3 is 10.6 Å². The van der Waals surface area contributed by atoms with Crippen LogP contribution >= 0.6 is 39.0 Å². The van der Waals surface area contributed by atoms with Gasteiger partial charge in [-0.1, -0.05) is 64.9 Å². The molecule has 8 heteroatoms. The average molecular weight is 439 g/mol. The van der Waals surface area contributed by atoms with Crippen molar-refractivity contribution < 1.29 is 4.79 Å². The first kappa shape index (κ1) is 19.8. The van der Waals surface area contributed by atoms with Gasteiger partial charge in [0.05, 0.1) is 5.75 Å². The topological polar surface area (TPSA) is 66.9 Å². The van der Waals surface area contributed by atoms with Crippen molar-refractivity contribution >= 4 is 55.8 Å². The lowest BCUT2D eigenvalue weighted by Gasteiger charge is -2.26. The van der Waals surface area contributed by atoms with Crippen molar-refractivity contribution in [2.24, 2.45) is 0 Å². The van der Waals surface area contributed by atoms with Crippen LogP contribution in [0, 0.1) is 12.3 Å². The molecule has 0 aliphatic rings. The fourth-order valence-corrected chi connectivity index (χ4v) is 4.08. The summed E-state index contributed by atoms with van der Waals surface area (Å²) in [6.45, 7) is 3.95. The van der Waals surface area contributed by atoms with Crippen molar-refractivity contribution in [2.45, 2.75) is 36.6 Å². The van der Waals surface area contributed by atoms with E-state index in [4.69, 9.17) is 6.42 Å². The fraction of sp³-hybridized carbons (Fsp3) is 0.353. The van der Waals surface area contributed by atoms with E-state index < -0.39 is 5.54 Å². The van der Waals surface area contributed by atoms with Crippen LogP contribution in [-0.2, 0) is 4.79 Å². The minimum Gasteiger partial charge on any atom is -0.339 e. The number of hydrogen-bond acceptors (Lipinski definition) is 6. The highest BCUT2D eigenvalue weighted by molar-refractivity contribution is 9.10. The van der Waals surface area contributed by atoms with Gasteiger partial charge in [-0.2, -0.15) is 0 Å². The maximum Gasteiger partial charge on any atom is 0.231 e. The summed E-state index contributed by atoms with van der Waals surface area (Å²) in [6, 6.07) is 7.79. The zero-order valence-corrected chi connectivity index (χ0v) is 17.2. The normalized spacial score (nSPS) is 11.0. The number of nitrogens with one attached hydrogen (secondary N) is 2. The first-order valence-corrected chi connectivity index (χ1v) is 10.4. The minimum absolute atomic E-state index is 0.0941. The molecule has 0 bridgehead atoms. The lowest BCUT2D eigenvalue weighted by atomic mass is 9.94. The number of terminal acetylenes is 1. The maximum absolute atomic E-state index is 12.2. The molecule has 1 heterocycles. The van der Waals surface area contributed by atoms with Gasteiger partial charge in [-0.3, -0.25) is 4.79 Å². The highest BCUT2D eigenvalue weighted by atomic mass is 79.9. The van der Waals surface area contributed by atoms with Crippen LogP contribution in [0.15, 0.2) is 33.1 Å². The van der Waals surface area contributed by atoms with Crippen LogP contribution in [0.2, 0.25) is 0 Å². The second kappa shape index (κ2) is 9.22. The summed E-state index contributed by atoms with van der Waals surface area (Å²) in [4.78, 5) is 12.2. The van der Waals surface area contributed by atoms with E-state index in [0.717, 1.165) is 14.5 Å². The largest absolute Gasteiger partial charge is 0.339 e. The molecule has 0 atom stereocenters. The Morgan fingerprint density at radius 3 is 2.80 bits per heavy atom. The standard InChI is InChI=1S/C17H19BrN4OS2/c1-4-17(5-2,6-3)20-14(23)11-24-16-22-21-15(25-16)19-13-9-7-8-12(18)10-13/h1,7-10H,5-6,11H2,2-3H3,(H,19,21)(H,20,23). The summed E-state index contributed by atoms with van der Waals surface area (Å²) < 4.78 is 1.71. The molecular weight excluding hydrogens is 420 g/mol. The number of halogens is 1. The number of carbonyl (C=O) groups is 1. The van der Waals surface area contributed by atoms with Gasteiger partial charge in [-0.05, 0) is 31.0 Å². The molecule has 0 aliphatic heterocycles. The average Bonchev–Trinajstić information content (AvgIpc) is 3.05. The van der Waals surface area contributed by atoms with Crippen LogP contribution in [-0.4, -0.2) is 27.4 Å². The van der Waals surface area contributed by atoms with E-state index in [9.17, 15) is 4.79 Å². The zero-order chi connectivity index (χ0) is 18.3. The predicted molar refractivity (Wildman–Crippen MR) is 108 cm³/mol. The second-order valence-electron chi connectivity index (χ2n) is 5.28. The van der Waals surface area contributed by atoms with E-state index in [-0.39, 0.29) is 11.7 Å². The monoisotopic (exact) mass is 438 g/mol. The van der Waals surface area contributed by atoms with Crippen LogP contribution in [0.3, 0.4) is 0 Å². The summed E-state index contributed by atoms with van der Waals surface area (Å²) in [5, 5.41) is 15.0. The fourth-order valence-electron chi connectivity index (χ4n) is 2.11. The molecule has 1 amide bonds. The Hall–Kier alpha value is -1.56. The number of aromatic nitrogens is 2. The number of carbonyl (C=O) groups excluding carboxylic acids is 1. The third-order valence-corrected chi connectivity index (χ3v) is 6.14. The summed E-state index contributed by atoms with van der Waals surface area (Å²) >= 11 is 6.18.